The van der Waals surface area contributed by atoms with E-state index >= 15 is 0 Å². The summed E-state index contributed by atoms with van der Waals surface area (Å²) in [6.07, 6.45) is 1.59. The van der Waals surface area contributed by atoms with Gasteiger partial charge in [0, 0.05) is 12.5 Å². The number of aliphatic hydroxyl groups is 1. The van der Waals surface area contributed by atoms with Gasteiger partial charge in [-0.3, -0.25) is 0 Å². The summed E-state index contributed by atoms with van der Waals surface area (Å²) in [4.78, 5) is 0. The van der Waals surface area contributed by atoms with Crippen molar-refractivity contribution in [1.82, 2.24) is 0 Å². The van der Waals surface area contributed by atoms with E-state index in [1.807, 2.05) is 24.3 Å². The van der Waals surface area contributed by atoms with Gasteiger partial charge in [0.05, 0.1) is 19.3 Å². The average molecular weight is 236 g/mol. The van der Waals surface area contributed by atoms with Crippen LogP contribution >= 0.6 is 0 Å². The highest BCUT2D eigenvalue weighted by molar-refractivity contribution is 5.30. The Labute approximate surface area is 102 Å². The molecule has 0 amide bonds. The molecule has 1 aliphatic heterocycles. The lowest BCUT2D eigenvalue weighted by Crippen LogP contribution is -2.22. The first-order valence-electron chi connectivity index (χ1n) is 6.20. The Morgan fingerprint density at radius 3 is 3.06 bits per heavy atom. The van der Waals surface area contributed by atoms with E-state index in [1.165, 1.54) is 0 Å². The van der Waals surface area contributed by atoms with Crippen molar-refractivity contribution in [1.29, 1.82) is 0 Å². The molecule has 3 atom stereocenters. The maximum atomic E-state index is 10.4. The van der Waals surface area contributed by atoms with E-state index in [1.54, 1.807) is 7.11 Å². The van der Waals surface area contributed by atoms with Crippen molar-refractivity contribution < 1.29 is 14.6 Å². The Balaban J connectivity index is 2.15. The molecule has 3 heteroatoms. The molecule has 1 heterocycles. The van der Waals surface area contributed by atoms with Crippen molar-refractivity contribution in [3.05, 3.63) is 29.8 Å². The first kappa shape index (κ1) is 12.4. The van der Waals surface area contributed by atoms with Gasteiger partial charge >= 0.3 is 0 Å². The van der Waals surface area contributed by atoms with Gasteiger partial charge in [-0.15, -0.1) is 0 Å². The molecule has 0 aliphatic carbocycles. The van der Waals surface area contributed by atoms with Crippen molar-refractivity contribution >= 4 is 0 Å². The predicted octanol–water partition coefficient (Wildman–Crippen LogP) is 2.54. The van der Waals surface area contributed by atoms with Gasteiger partial charge in [0.15, 0.2) is 0 Å². The quantitative estimate of drug-likeness (QED) is 0.873. The van der Waals surface area contributed by atoms with Crippen LogP contribution in [0.1, 0.15) is 31.4 Å². The van der Waals surface area contributed by atoms with Crippen LogP contribution in [-0.2, 0) is 4.74 Å². The minimum Gasteiger partial charge on any atom is -0.497 e. The maximum Gasteiger partial charge on any atom is 0.119 e. The minimum absolute atomic E-state index is 0.177. The lowest BCUT2D eigenvalue weighted by atomic mass is 9.89. The minimum atomic E-state index is -0.461. The first-order chi connectivity index (χ1) is 8.26. The third-order valence-corrected chi connectivity index (χ3v) is 3.50. The highest BCUT2D eigenvalue weighted by Gasteiger charge is 2.33. The Kier molecular flexibility index (Phi) is 4.02. The molecule has 0 aromatic heterocycles. The molecule has 1 N–H and O–H groups in total. The van der Waals surface area contributed by atoms with E-state index in [2.05, 4.69) is 6.92 Å². The number of methoxy groups -OCH3 is 1. The molecule has 94 valence electrons. The lowest BCUT2D eigenvalue weighted by Gasteiger charge is -2.23. The van der Waals surface area contributed by atoms with E-state index in [0.717, 1.165) is 30.8 Å². The van der Waals surface area contributed by atoms with Crippen LogP contribution in [0, 0.1) is 5.92 Å². The number of benzene rings is 1. The van der Waals surface area contributed by atoms with E-state index in [9.17, 15) is 5.11 Å². The fourth-order valence-corrected chi connectivity index (χ4v) is 2.52. The SMILES string of the molecule is CCC1OCCC1C(O)c1cccc(OC)c1. The lowest BCUT2D eigenvalue weighted by molar-refractivity contribution is 0.0306. The molecule has 0 radical (unpaired) electrons. The van der Waals surface area contributed by atoms with Crippen LogP contribution in [-0.4, -0.2) is 24.9 Å². The molecule has 1 aromatic carbocycles. The third-order valence-electron chi connectivity index (χ3n) is 3.50. The van der Waals surface area contributed by atoms with Gasteiger partial charge in [0.1, 0.15) is 5.75 Å². The van der Waals surface area contributed by atoms with Gasteiger partial charge in [-0.25, -0.2) is 0 Å². The summed E-state index contributed by atoms with van der Waals surface area (Å²) in [7, 11) is 1.64. The van der Waals surface area contributed by atoms with Crippen molar-refractivity contribution in [3.63, 3.8) is 0 Å². The molecule has 0 saturated carbocycles. The second-order valence-corrected chi connectivity index (χ2v) is 4.49. The molecule has 1 fully saturated rings. The molecular formula is C14H20O3. The molecule has 0 spiro atoms. The van der Waals surface area contributed by atoms with Crippen molar-refractivity contribution in [3.8, 4) is 5.75 Å². The summed E-state index contributed by atoms with van der Waals surface area (Å²) in [5.41, 5.74) is 0.915. The predicted molar refractivity (Wildman–Crippen MR) is 66.1 cm³/mol. The van der Waals surface area contributed by atoms with Crippen molar-refractivity contribution in [2.24, 2.45) is 5.92 Å². The molecule has 1 saturated heterocycles. The zero-order valence-electron chi connectivity index (χ0n) is 10.4. The second-order valence-electron chi connectivity index (χ2n) is 4.49. The molecule has 1 aromatic rings. The third kappa shape index (κ3) is 2.61. The summed E-state index contributed by atoms with van der Waals surface area (Å²) in [5.74, 6) is 0.987. The molecule has 2 rings (SSSR count). The van der Waals surface area contributed by atoms with E-state index in [-0.39, 0.29) is 12.0 Å². The Hall–Kier alpha value is -1.06. The second kappa shape index (κ2) is 5.52. The van der Waals surface area contributed by atoms with E-state index < -0.39 is 6.10 Å². The maximum absolute atomic E-state index is 10.4. The van der Waals surface area contributed by atoms with Gasteiger partial charge in [0.2, 0.25) is 0 Å². The highest BCUT2D eigenvalue weighted by Crippen LogP contribution is 2.35. The Bertz CT molecular complexity index is 364. The summed E-state index contributed by atoms with van der Waals surface area (Å²) in [5, 5.41) is 10.4. The molecule has 1 aliphatic rings. The normalized spacial score (nSPS) is 25.8. The van der Waals surface area contributed by atoms with Gasteiger partial charge in [-0.2, -0.15) is 0 Å². The van der Waals surface area contributed by atoms with Crippen LogP contribution in [0.2, 0.25) is 0 Å². The van der Waals surface area contributed by atoms with E-state index in [0.29, 0.717) is 0 Å². The highest BCUT2D eigenvalue weighted by atomic mass is 16.5. The summed E-state index contributed by atoms with van der Waals surface area (Å²) in [6.45, 7) is 2.85. The summed E-state index contributed by atoms with van der Waals surface area (Å²) in [6, 6.07) is 7.64. The standard InChI is InChI=1S/C14H20O3/c1-3-13-12(7-8-17-13)14(15)10-5-4-6-11(9-10)16-2/h4-6,9,12-15H,3,7-8H2,1-2H3. The molecule has 3 nitrogen and oxygen atoms in total. The topological polar surface area (TPSA) is 38.7 Å². The zero-order valence-corrected chi connectivity index (χ0v) is 10.4. The summed E-state index contributed by atoms with van der Waals surface area (Å²) >= 11 is 0. The first-order valence-corrected chi connectivity index (χ1v) is 6.20. The van der Waals surface area contributed by atoms with Crippen LogP contribution in [0.5, 0.6) is 5.75 Å². The number of rotatable bonds is 4. The van der Waals surface area contributed by atoms with Crippen LogP contribution in [0.3, 0.4) is 0 Å². The fraction of sp³-hybridized carbons (Fsp3) is 0.571. The number of hydrogen-bond donors (Lipinski definition) is 1. The smallest absolute Gasteiger partial charge is 0.119 e. The number of ether oxygens (including phenoxy) is 2. The van der Waals surface area contributed by atoms with Crippen molar-refractivity contribution in [2.45, 2.75) is 32.0 Å². The average Bonchev–Trinajstić information content (AvgIpc) is 2.86. The van der Waals surface area contributed by atoms with Gasteiger partial charge < -0.3 is 14.6 Å². The fourth-order valence-electron chi connectivity index (χ4n) is 2.52. The largest absolute Gasteiger partial charge is 0.497 e. The van der Waals surface area contributed by atoms with Gasteiger partial charge in [-0.1, -0.05) is 19.1 Å². The molecule has 0 bridgehead atoms. The number of aliphatic hydroxyl groups excluding tert-OH is 1. The zero-order chi connectivity index (χ0) is 12.3. The van der Waals surface area contributed by atoms with Crippen LogP contribution in [0.25, 0.3) is 0 Å². The number of hydrogen-bond acceptors (Lipinski definition) is 3. The van der Waals surface area contributed by atoms with Crippen LogP contribution in [0.15, 0.2) is 24.3 Å². The van der Waals surface area contributed by atoms with Crippen LogP contribution < -0.4 is 4.74 Å². The van der Waals surface area contributed by atoms with Gasteiger partial charge in [-0.05, 0) is 30.5 Å². The molecule has 3 unspecified atom stereocenters. The van der Waals surface area contributed by atoms with Gasteiger partial charge in [0.25, 0.3) is 0 Å². The molecule has 17 heavy (non-hydrogen) atoms. The van der Waals surface area contributed by atoms with Crippen molar-refractivity contribution in [2.75, 3.05) is 13.7 Å². The van der Waals surface area contributed by atoms with Crippen LogP contribution in [0.4, 0.5) is 0 Å². The monoisotopic (exact) mass is 236 g/mol. The Morgan fingerprint density at radius 2 is 2.35 bits per heavy atom. The van der Waals surface area contributed by atoms with E-state index in [4.69, 9.17) is 9.47 Å². The molecular weight excluding hydrogens is 216 g/mol. The Morgan fingerprint density at radius 1 is 1.53 bits per heavy atom. The summed E-state index contributed by atoms with van der Waals surface area (Å²) < 4.78 is 10.8.